The summed E-state index contributed by atoms with van der Waals surface area (Å²) in [6.07, 6.45) is 0.717. The number of rotatable bonds is 4. The minimum atomic E-state index is -0.305. The zero-order chi connectivity index (χ0) is 14.7. The van der Waals surface area contributed by atoms with Crippen LogP contribution in [0.15, 0.2) is 18.2 Å². The number of nitrogens with one attached hydrogen (secondary N) is 1. The number of hydrazine groups is 1. The first kappa shape index (κ1) is 16.4. The molecule has 1 aliphatic heterocycles. The Bertz CT molecular complexity index is 461. The van der Waals surface area contributed by atoms with Gasteiger partial charge in [0, 0.05) is 32.6 Å². The highest BCUT2D eigenvalue weighted by molar-refractivity contribution is 8.07. The van der Waals surface area contributed by atoms with E-state index in [0.29, 0.717) is 20.8 Å². The summed E-state index contributed by atoms with van der Waals surface area (Å²) in [5.74, 6) is 6.49. The number of hydrogen-bond donors (Lipinski definition) is 2. The molecular weight excluding hydrogens is 315 g/mol. The molecule has 1 saturated heterocycles. The lowest BCUT2D eigenvalue weighted by Gasteiger charge is -2.35. The van der Waals surface area contributed by atoms with Gasteiger partial charge >= 0.3 is 0 Å². The van der Waals surface area contributed by atoms with Crippen LogP contribution in [-0.4, -0.2) is 27.5 Å². The maximum Gasteiger partial charge on any atom is 0.124 e. The first-order chi connectivity index (χ1) is 9.51. The van der Waals surface area contributed by atoms with E-state index in [1.165, 1.54) is 12.1 Å². The summed E-state index contributed by atoms with van der Waals surface area (Å²) in [5.41, 5.74) is 3.85. The van der Waals surface area contributed by atoms with E-state index in [4.69, 9.17) is 17.4 Å². The summed E-state index contributed by atoms with van der Waals surface area (Å²) in [5, 5.41) is 2.19. The van der Waals surface area contributed by atoms with Crippen molar-refractivity contribution in [2.75, 3.05) is 5.75 Å². The van der Waals surface area contributed by atoms with Crippen molar-refractivity contribution in [3.63, 3.8) is 0 Å². The first-order valence-corrected chi connectivity index (χ1v) is 9.05. The molecule has 2 nitrogen and oxygen atoms in total. The lowest BCUT2D eigenvalue weighted by atomic mass is 10.0. The van der Waals surface area contributed by atoms with Crippen LogP contribution >= 0.6 is 35.1 Å². The SMILES string of the molecule is CC1SCC(C(Cc2ccc(F)cc2Cl)NN)SC1C. The maximum atomic E-state index is 13.1. The minimum Gasteiger partial charge on any atom is -0.271 e. The molecule has 1 aliphatic rings. The standard InChI is InChI=1S/C14H20ClFN2S2/c1-8-9(2)20-14(7-19-8)13(18-17)5-10-3-4-11(16)6-12(10)15/h3-4,6,8-9,13-14,18H,5,7,17H2,1-2H3. The van der Waals surface area contributed by atoms with Crippen LogP contribution in [0.3, 0.4) is 0 Å². The summed E-state index contributed by atoms with van der Waals surface area (Å²) in [7, 11) is 0. The maximum absolute atomic E-state index is 13.1. The molecule has 6 heteroatoms. The van der Waals surface area contributed by atoms with Crippen molar-refractivity contribution >= 4 is 35.1 Å². The predicted octanol–water partition coefficient (Wildman–Crippen LogP) is 3.48. The van der Waals surface area contributed by atoms with Crippen LogP contribution in [0.2, 0.25) is 5.02 Å². The Morgan fingerprint density at radius 1 is 1.45 bits per heavy atom. The third-order valence-electron chi connectivity index (χ3n) is 3.69. The van der Waals surface area contributed by atoms with Gasteiger partial charge in [0.2, 0.25) is 0 Å². The van der Waals surface area contributed by atoms with E-state index < -0.39 is 0 Å². The van der Waals surface area contributed by atoms with E-state index in [2.05, 4.69) is 19.3 Å². The molecule has 1 fully saturated rings. The van der Waals surface area contributed by atoms with E-state index in [0.717, 1.165) is 17.7 Å². The Labute approximate surface area is 133 Å². The highest BCUT2D eigenvalue weighted by Gasteiger charge is 2.31. The Balaban J connectivity index is 2.05. The number of hydrogen-bond acceptors (Lipinski definition) is 4. The molecule has 1 aromatic carbocycles. The van der Waals surface area contributed by atoms with Crippen molar-refractivity contribution < 1.29 is 4.39 Å². The van der Waals surface area contributed by atoms with E-state index in [-0.39, 0.29) is 11.9 Å². The van der Waals surface area contributed by atoms with Crippen molar-refractivity contribution in [3.8, 4) is 0 Å². The molecule has 0 bridgehead atoms. The minimum absolute atomic E-state index is 0.144. The van der Waals surface area contributed by atoms with Crippen LogP contribution in [0.1, 0.15) is 19.4 Å². The van der Waals surface area contributed by atoms with Crippen molar-refractivity contribution in [1.29, 1.82) is 0 Å². The van der Waals surface area contributed by atoms with Crippen molar-refractivity contribution in [2.24, 2.45) is 5.84 Å². The van der Waals surface area contributed by atoms with Gasteiger partial charge in [0.1, 0.15) is 5.82 Å². The average Bonchev–Trinajstić information content (AvgIpc) is 2.41. The van der Waals surface area contributed by atoms with Crippen LogP contribution in [0.25, 0.3) is 0 Å². The molecule has 4 unspecified atom stereocenters. The van der Waals surface area contributed by atoms with Crippen molar-refractivity contribution in [2.45, 2.75) is 42.1 Å². The summed E-state index contributed by atoms with van der Waals surface area (Å²) in [4.78, 5) is 0. The van der Waals surface area contributed by atoms with Gasteiger partial charge in [0.05, 0.1) is 0 Å². The van der Waals surface area contributed by atoms with E-state index >= 15 is 0 Å². The van der Waals surface area contributed by atoms with Gasteiger partial charge in [-0.2, -0.15) is 23.5 Å². The number of halogens is 2. The van der Waals surface area contributed by atoms with Gasteiger partial charge in [0.15, 0.2) is 0 Å². The normalized spacial score (nSPS) is 28.4. The van der Waals surface area contributed by atoms with Crippen molar-refractivity contribution in [3.05, 3.63) is 34.6 Å². The lowest BCUT2D eigenvalue weighted by Crippen LogP contribution is -2.47. The van der Waals surface area contributed by atoms with E-state index in [9.17, 15) is 4.39 Å². The summed E-state index contributed by atoms with van der Waals surface area (Å²) in [6.45, 7) is 4.52. The first-order valence-electron chi connectivity index (χ1n) is 6.68. The quantitative estimate of drug-likeness (QED) is 0.653. The Morgan fingerprint density at radius 3 is 2.80 bits per heavy atom. The third-order valence-corrected chi connectivity index (χ3v) is 7.59. The molecule has 2 rings (SSSR count). The van der Waals surface area contributed by atoms with Crippen LogP contribution in [0, 0.1) is 5.82 Å². The molecule has 0 radical (unpaired) electrons. The molecular formula is C14H20ClFN2S2. The van der Waals surface area contributed by atoms with Gasteiger partial charge in [-0.15, -0.1) is 0 Å². The molecule has 0 spiro atoms. The van der Waals surface area contributed by atoms with Crippen LogP contribution in [0.4, 0.5) is 4.39 Å². The van der Waals surface area contributed by atoms with Gasteiger partial charge < -0.3 is 0 Å². The molecule has 1 aromatic rings. The molecule has 112 valence electrons. The highest BCUT2D eigenvalue weighted by atomic mass is 35.5. The van der Waals surface area contributed by atoms with Crippen LogP contribution in [-0.2, 0) is 6.42 Å². The fraction of sp³-hybridized carbons (Fsp3) is 0.571. The van der Waals surface area contributed by atoms with Crippen molar-refractivity contribution in [1.82, 2.24) is 5.43 Å². The topological polar surface area (TPSA) is 38.0 Å². The molecule has 0 amide bonds. The largest absolute Gasteiger partial charge is 0.271 e. The highest BCUT2D eigenvalue weighted by Crippen LogP contribution is 2.37. The smallest absolute Gasteiger partial charge is 0.124 e. The third kappa shape index (κ3) is 4.04. The summed E-state index contributed by atoms with van der Waals surface area (Å²) < 4.78 is 13.1. The van der Waals surface area contributed by atoms with Gasteiger partial charge in [-0.3, -0.25) is 11.3 Å². The number of benzene rings is 1. The monoisotopic (exact) mass is 334 g/mol. The molecule has 0 aliphatic carbocycles. The number of thioether (sulfide) groups is 2. The fourth-order valence-corrected chi connectivity index (χ4v) is 5.60. The zero-order valence-electron chi connectivity index (χ0n) is 11.6. The van der Waals surface area contributed by atoms with Crippen LogP contribution in [0.5, 0.6) is 0 Å². The fourth-order valence-electron chi connectivity index (χ4n) is 2.24. The van der Waals surface area contributed by atoms with Gasteiger partial charge in [-0.25, -0.2) is 4.39 Å². The van der Waals surface area contributed by atoms with Gasteiger partial charge in [-0.1, -0.05) is 31.5 Å². The molecule has 0 aromatic heterocycles. The Morgan fingerprint density at radius 2 is 2.20 bits per heavy atom. The van der Waals surface area contributed by atoms with Gasteiger partial charge in [-0.05, 0) is 24.1 Å². The summed E-state index contributed by atoms with van der Waals surface area (Å²) in [6, 6.07) is 4.69. The molecule has 4 atom stereocenters. The van der Waals surface area contributed by atoms with E-state index in [1.807, 2.05) is 23.5 Å². The molecule has 0 saturated carbocycles. The molecule has 3 N–H and O–H groups in total. The molecule has 1 heterocycles. The van der Waals surface area contributed by atoms with Crippen LogP contribution < -0.4 is 11.3 Å². The lowest BCUT2D eigenvalue weighted by molar-refractivity contribution is 0.520. The summed E-state index contributed by atoms with van der Waals surface area (Å²) >= 11 is 10.1. The Kier molecular flexibility index (Phi) is 6.05. The predicted molar refractivity (Wildman–Crippen MR) is 89.0 cm³/mol. The second kappa shape index (κ2) is 7.36. The van der Waals surface area contributed by atoms with Gasteiger partial charge in [0.25, 0.3) is 0 Å². The zero-order valence-corrected chi connectivity index (χ0v) is 14.0. The number of nitrogens with two attached hydrogens (primary N) is 1. The second-order valence-corrected chi connectivity index (χ2v) is 8.57. The second-order valence-electron chi connectivity index (χ2n) is 5.13. The van der Waals surface area contributed by atoms with E-state index in [1.54, 1.807) is 6.07 Å². The average molecular weight is 335 g/mol. The Hall–Kier alpha value is 0.0600. The molecule has 20 heavy (non-hydrogen) atoms.